The fraction of sp³-hybridized carbons (Fsp3) is 0.385. The van der Waals surface area contributed by atoms with Crippen LogP contribution in [0.1, 0.15) is 12.8 Å². The van der Waals surface area contributed by atoms with Gasteiger partial charge in [0.1, 0.15) is 5.75 Å². The van der Waals surface area contributed by atoms with Gasteiger partial charge >= 0.3 is 0 Å². The number of benzene rings is 1. The molecule has 106 valence electrons. The minimum absolute atomic E-state index is 0.0109. The van der Waals surface area contributed by atoms with E-state index in [0.717, 1.165) is 12.8 Å². The summed E-state index contributed by atoms with van der Waals surface area (Å²) >= 11 is 0. The van der Waals surface area contributed by atoms with E-state index in [0.29, 0.717) is 28.9 Å². The maximum Gasteiger partial charge on any atom is 0.262 e. The minimum atomic E-state index is -0.209. The predicted octanol–water partition coefficient (Wildman–Crippen LogP) is 0.290. The van der Waals surface area contributed by atoms with E-state index in [4.69, 9.17) is 10.5 Å². The molecule has 0 aromatic heterocycles. The topological polar surface area (TPSA) is 105 Å². The lowest BCUT2D eigenvalue weighted by atomic mass is 10.2. The highest BCUT2D eigenvalue weighted by Gasteiger charge is 2.23. The van der Waals surface area contributed by atoms with Gasteiger partial charge in [-0.1, -0.05) is 0 Å². The molecule has 1 heterocycles. The fourth-order valence-corrected chi connectivity index (χ4v) is 1.98. The number of rotatable bonds is 4. The lowest BCUT2D eigenvalue weighted by Crippen LogP contribution is -2.31. The van der Waals surface area contributed by atoms with Gasteiger partial charge in [0.2, 0.25) is 5.91 Å². The molecular weight excluding hydrogens is 260 g/mol. The first-order valence-electron chi connectivity index (χ1n) is 6.51. The van der Waals surface area contributed by atoms with Crippen molar-refractivity contribution in [2.45, 2.75) is 18.9 Å². The van der Waals surface area contributed by atoms with E-state index < -0.39 is 0 Å². The van der Waals surface area contributed by atoms with E-state index in [1.54, 1.807) is 12.1 Å². The van der Waals surface area contributed by atoms with Gasteiger partial charge in [0.05, 0.1) is 23.6 Å². The summed E-state index contributed by atoms with van der Waals surface area (Å²) in [5, 5.41) is 8.54. The van der Waals surface area contributed by atoms with Crippen LogP contribution in [0.5, 0.6) is 5.75 Å². The quantitative estimate of drug-likeness (QED) is 0.592. The molecule has 1 saturated carbocycles. The van der Waals surface area contributed by atoms with Crippen LogP contribution >= 0.6 is 0 Å². The van der Waals surface area contributed by atoms with E-state index in [1.165, 1.54) is 0 Å². The zero-order valence-corrected chi connectivity index (χ0v) is 10.9. The molecule has 2 amide bonds. The van der Waals surface area contributed by atoms with E-state index in [1.807, 2.05) is 0 Å². The maximum absolute atomic E-state index is 11.6. The number of ether oxygens (including phenoxy) is 1. The number of nitrogen functional groups attached to an aromatic ring is 1. The van der Waals surface area contributed by atoms with Crippen LogP contribution in [0.15, 0.2) is 12.1 Å². The average Bonchev–Trinajstić information content (AvgIpc) is 3.20. The standard InChI is InChI=1S/C13H16N4O3/c14-8-3-11-10(17-13(19)6-20-11)4-9(8)15-5-12(18)16-7-1-2-7/h3-4,7,15H,1-2,5-6,14H2,(H,16,18)(H,17,19). The monoisotopic (exact) mass is 276 g/mol. The SMILES string of the molecule is Nc1cc2c(cc1NCC(=O)NC1CC1)NC(=O)CO2. The summed E-state index contributed by atoms with van der Waals surface area (Å²) in [7, 11) is 0. The third-order valence-electron chi connectivity index (χ3n) is 3.17. The minimum Gasteiger partial charge on any atom is -0.482 e. The Kier molecular flexibility index (Phi) is 3.09. The molecule has 5 N–H and O–H groups in total. The van der Waals surface area contributed by atoms with Crippen molar-refractivity contribution in [2.24, 2.45) is 0 Å². The van der Waals surface area contributed by atoms with Crippen molar-refractivity contribution in [1.29, 1.82) is 0 Å². The zero-order valence-electron chi connectivity index (χ0n) is 10.9. The number of hydrogen-bond donors (Lipinski definition) is 4. The van der Waals surface area contributed by atoms with Gasteiger partial charge in [0.25, 0.3) is 5.91 Å². The Bertz CT molecular complexity index is 569. The molecule has 7 nitrogen and oxygen atoms in total. The molecule has 0 radical (unpaired) electrons. The molecule has 1 aliphatic heterocycles. The molecule has 1 fully saturated rings. The molecule has 20 heavy (non-hydrogen) atoms. The van der Waals surface area contributed by atoms with Crippen molar-refractivity contribution in [1.82, 2.24) is 5.32 Å². The largest absolute Gasteiger partial charge is 0.482 e. The third-order valence-corrected chi connectivity index (χ3v) is 3.17. The molecule has 1 aromatic carbocycles. The second-order valence-electron chi connectivity index (χ2n) is 4.97. The van der Waals surface area contributed by atoms with Gasteiger partial charge in [-0.25, -0.2) is 0 Å². The van der Waals surface area contributed by atoms with E-state index in [2.05, 4.69) is 16.0 Å². The molecular formula is C13H16N4O3. The smallest absolute Gasteiger partial charge is 0.262 e. The second kappa shape index (κ2) is 4.92. The molecule has 1 aromatic rings. The normalized spacial score (nSPS) is 16.7. The highest BCUT2D eigenvalue weighted by Crippen LogP contribution is 2.35. The summed E-state index contributed by atoms with van der Waals surface area (Å²) in [5.74, 6) is 0.264. The number of hydrogen-bond acceptors (Lipinski definition) is 5. The summed E-state index contributed by atoms with van der Waals surface area (Å²) < 4.78 is 5.26. The van der Waals surface area contributed by atoms with Crippen LogP contribution in [0, 0.1) is 0 Å². The molecule has 0 unspecified atom stereocenters. The van der Waals surface area contributed by atoms with Crippen molar-refractivity contribution in [3.05, 3.63) is 12.1 Å². The molecule has 0 saturated heterocycles. The van der Waals surface area contributed by atoms with Crippen molar-refractivity contribution in [3.63, 3.8) is 0 Å². The predicted molar refractivity (Wildman–Crippen MR) is 74.6 cm³/mol. The van der Waals surface area contributed by atoms with Gasteiger partial charge in [-0.05, 0) is 18.9 Å². The number of carbonyl (C=O) groups excluding carboxylic acids is 2. The van der Waals surface area contributed by atoms with Crippen LogP contribution < -0.4 is 26.4 Å². The van der Waals surface area contributed by atoms with Crippen molar-refractivity contribution in [2.75, 3.05) is 29.5 Å². The Labute approximate surface area is 115 Å². The summed E-state index contributed by atoms with van der Waals surface area (Å²) in [6.07, 6.45) is 2.10. The van der Waals surface area contributed by atoms with Gasteiger partial charge in [-0.2, -0.15) is 0 Å². The third kappa shape index (κ3) is 2.76. The number of carbonyl (C=O) groups is 2. The first kappa shape index (κ1) is 12.6. The Balaban J connectivity index is 1.67. The highest BCUT2D eigenvalue weighted by atomic mass is 16.5. The average molecular weight is 276 g/mol. The van der Waals surface area contributed by atoms with Crippen LogP contribution in [0.4, 0.5) is 17.1 Å². The van der Waals surface area contributed by atoms with E-state index in [9.17, 15) is 9.59 Å². The van der Waals surface area contributed by atoms with Crippen LogP contribution in [-0.2, 0) is 9.59 Å². The highest BCUT2D eigenvalue weighted by molar-refractivity contribution is 5.97. The zero-order chi connectivity index (χ0) is 14.1. The molecule has 0 bridgehead atoms. The summed E-state index contributed by atoms with van der Waals surface area (Å²) in [6, 6.07) is 3.64. The fourth-order valence-electron chi connectivity index (χ4n) is 1.98. The van der Waals surface area contributed by atoms with Crippen LogP contribution in [-0.4, -0.2) is 31.0 Å². The van der Waals surface area contributed by atoms with Gasteiger partial charge in [-0.3, -0.25) is 9.59 Å². The van der Waals surface area contributed by atoms with Crippen molar-refractivity contribution < 1.29 is 14.3 Å². The van der Waals surface area contributed by atoms with Gasteiger partial charge in [0, 0.05) is 12.1 Å². The Morgan fingerprint density at radius 3 is 3.00 bits per heavy atom. The van der Waals surface area contributed by atoms with Gasteiger partial charge < -0.3 is 26.4 Å². The summed E-state index contributed by atoms with van der Waals surface area (Å²) in [4.78, 5) is 22.9. The van der Waals surface area contributed by atoms with Crippen molar-refractivity contribution >= 4 is 28.9 Å². The molecule has 1 aliphatic carbocycles. The lowest BCUT2D eigenvalue weighted by molar-refractivity contribution is -0.120. The number of anilines is 3. The second-order valence-corrected chi connectivity index (χ2v) is 4.97. The summed E-state index contributed by atoms with van der Waals surface area (Å²) in [6.45, 7) is 0.136. The molecule has 2 aliphatic rings. The Morgan fingerprint density at radius 2 is 2.25 bits per heavy atom. The van der Waals surface area contributed by atoms with Crippen LogP contribution in [0.3, 0.4) is 0 Å². The number of amides is 2. The number of fused-ring (bicyclic) bond motifs is 1. The number of nitrogens with one attached hydrogen (secondary N) is 3. The van der Waals surface area contributed by atoms with Gasteiger partial charge in [-0.15, -0.1) is 0 Å². The van der Waals surface area contributed by atoms with Crippen molar-refractivity contribution in [3.8, 4) is 5.75 Å². The number of nitrogens with two attached hydrogens (primary N) is 1. The first-order chi connectivity index (χ1) is 9.61. The van der Waals surface area contributed by atoms with Crippen LogP contribution in [0.25, 0.3) is 0 Å². The molecule has 7 heteroatoms. The molecule has 0 atom stereocenters. The van der Waals surface area contributed by atoms with E-state index >= 15 is 0 Å². The van der Waals surface area contributed by atoms with Gasteiger partial charge in [0.15, 0.2) is 6.61 Å². The molecule has 0 spiro atoms. The lowest BCUT2D eigenvalue weighted by Gasteiger charge is -2.20. The first-order valence-corrected chi connectivity index (χ1v) is 6.51. The molecule has 3 rings (SSSR count). The Morgan fingerprint density at radius 1 is 1.45 bits per heavy atom. The Hall–Kier alpha value is -2.44. The summed E-state index contributed by atoms with van der Waals surface area (Å²) in [5.41, 5.74) is 7.52. The van der Waals surface area contributed by atoms with Crippen LogP contribution in [0.2, 0.25) is 0 Å². The van der Waals surface area contributed by atoms with E-state index in [-0.39, 0.29) is 25.0 Å². The maximum atomic E-state index is 11.6.